The van der Waals surface area contributed by atoms with Crippen LogP contribution in [0.3, 0.4) is 0 Å². The fourth-order valence-electron chi connectivity index (χ4n) is 4.26. The van der Waals surface area contributed by atoms with E-state index in [1.165, 1.54) is 5.56 Å². The van der Waals surface area contributed by atoms with Crippen LogP contribution in [0, 0.1) is 5.41 Å². The predicted octanol–water partition coefficient (Wildman–Crippen LogP) is 3.36. The molecule has 1 fully saturated rings. The summed E-state index contributed by atoms with van der Waals surface area (Å²) in [4.78, 5) is 27.2. The Hall–Kier alpha value is -2.08. The maximum Gasteiger partial charge on any atom is 0.410 e. The highest BCUT2D eigenvalue weighted by Gasteiger charge is 2.38. The second-order valence-electron chi connectivity index (χ2n) is 9.49. The first-order valence-corrected chi connectivity index (χ1v) is 10.8. The smallest absolute Gasteiger partial charge is 0.410 e. The van der Waals surface area contributed by atoms with E-state index < -0.39 is 5.60 Å². The molecule has 29 heavy (non-hydrogen) atoms. The third-order valence-corrected chi connectivity index (χ3v) is 5.78. The Morgan fingerprint density at radius 1 is 1.17 bits per heavy atom. The van der Waals surface area contributed by atoms with E-state index in [0.717, 1.165) is 45.2 Å². The third-order valence-electron chi connectivity index (χ3n) is 5.78. The zero-order chi connectivity index (χ0) is 20.9. The molecule has 2 aliphatic rings. The Kier molecular flexibility index (Phi) is 6.83. The molecule has 2 heterocycles. The molecule has 0 aliphatic carbocycles. The lowest BCUT2D eigenvalue weighted by Gasteiger charge is -2.43. The third kappa shape index (κ3) is 6.20. The molecule has 1 atom stereocenters. The number of ether oxygens (including phenoxy) is 1. The summed E-state index contributed by atoms with van der Waals surface area (Å²) in [5.41, 5.74) is 1.27. The van der Waals surface area contributed by atoms with Gasteiger partial charge in [0.25, 0.3) is 5.91 Å². The largest absolute Gasteiger partial charge is 0.444 e. The highest BCUT2D eigenvalue weighted by molar-refractivity contribution is 5.94. The Bertz CT molecular complexity index is 728. The highest BCUT2D eigenvalue weighted by atomic mass is 16.6. The van der Waals surface area contributed by atoms with Crippen molar-refractivity contribution >= 4 is 12.0 Å². The maximum absolute atomic E-state index is 12.8. The number of carbonyl (C=O) groups is 2. The van der Waals surface area contributed by atoms with E-state index in [9.17, 15) is 9.59 Å². The Morgan fingerprint density at radius 3 is 2.79 bits per heavy atom. The number of benzene rings is 1. The Morgan fingerprint density at radius 2 is 2.00 bits per heavy atom. The van der Waals surface area contributed by atoms with Crippen LogP contribution in [0.1, 0.15) is 62.4 Å². The summed E-state index contributed by atoms with van der Waals surface area (Å²) < 4.78 is 5.60. The van der Waals surface area contributed by atoms with Gasteiger partial charge in [0, 0.05) is 30.6 Å². The summed E-state index contributed by atoms with van der Waals surface area (Å²) in [6, 6.07) is 7.90. The van der Waals surface area contributed by atoms with Crippen molar-refractivity contribution in [3.63, 3.8) is 0 Å². The molecule has 1 aromatic carbocycles. The van der Waals surface area contributed by atoms with E-state index >= 15 is 0 Å². The van der Waals surface area contributed by atoms with Crippen molar-refractivity contribution in [3.8, 4) is 0 Å². The van der Waals surface area contributed by atoms with Gasteiger partial charge in [0.2, 0.25) is 0 Å². The van der Waals surface area contributed by atoms with Gasteiger partial charge in [-0.05, 0) is 83.7 Å². The maximum atomic E-state index is 12.8. The first kappa shape index (κ1) is 21.6. The summed E-state index contributed by atoms with van der Waals surface area (Å²) in [5.74, 6) is -0.0344. The number of hydrogen-bond donors (Lipinski definition) is 2. The Labute approximate surface area is 174 Å². The van der Waals surface area contributed by atoms with E-state index in [4.69, 9.17) is 4.74 Å². The molecule has 2 aliphatic heterocycles. The lowest BCUT2D eigenvalue weighted by atomic mass is 9.77. The lowest BCUT2D eigenvalue weighted by molar-refractivity contribution is 0.00286. The van der Waals surface area contributed by atoms with Crippen LogP contribution in [0.4, 0.5) is 4.79 Å². The van der Waals surface area contributed by atoms with Crippen LogP contribution < -0.4 is 10.6 Å². The van der Waals surface area contributed by atoms with Gasteiger partial charge in [0.15, 0.2) is 0 Å². The first-order valence-electron chi connectivity index (χ1n) is 10.8. The number of rotatable bonds is 0. The molecular weight excluding hydrogens is 366 g/mol. The van der Waals surface area contributed by atoms with Crippen LogP contribution in [0.25, 0.3) is 0 Å². The van der Waals surface area contributed by atoms with Crippen molar-refractivity contribution in [2.24, 2.45) is 5.41 Å². The van der Waals surface area contributed by atoms with Crippen LogP contribution in [-0.4, -0.2) is 55.2 Å². The van der Waals surface area contributed by atoms with Crippen molar-refractivity contribution in [2.45, 2.75) is 58.5 Å². The number of nitrogens with one attached hydrogen (secondary N) is 2. The van der Waals surface area contributed by atoms with Gasteiger partial charge in [0.1, 0.15) is 5.60 Å². The minimum absolute atomic E-state index is 0.0344. The van der Waals surface area contributed by atoms with E-state index in [-0.39, 0.29) is 17.4 Å². The van der Waals surface area contributed by atoms with E-state index in [1.807, 2.05) is 43.9 Å². The normalized spacial score (nSPS) is 24.1. The molecule has 6 heteroatoms. The number of fused-ring (bicyclic) bond motifs is 2. The van der Waals surface area contributed by atoms with Gasteiger partial charge in [-0.2, -0.15) is 0 Å². The first-order chi connectivity index (χ1) is 13.8. The SMILES string of the molecule is CC(C)(C)OC(=O)N1CCCC2(CCNCCCc3cccc(c3)C(=O)NC2)C1. The number of aryl methyl sites for hydroxylation is 1. The second-order valence-corrected chi connectivity index (χ2v) is 9.49. The molecule has 0 radical (unpaired) electrons. The van der Waals surface area contributed by atoms with Gasteiger partial charge < -0.3 is 20.3 Å². The molecule has 0 aromatic heterocycles. The van der Waals surface area contributed by atoms with E-state index in [1.54, 1.807) is 0 Å². The number of amides is 2. The summed E-state index contributed by atoms with van der Waals surface area (Å²) in [7, 11) is 0. The van der Waals surface area contributed by atoms with Crippen LogP contribution in [0.5, 0.6) is 0 Å². The minimum atomic E-state index is -0.507. The van der Waals surface area contributed by atoms with Gasteiger partial charge in [0.05, 0.1) is 0 Å². The zero-order valence-corrected chi connectivity index (χ0v) is 18.1. The molecule has 0 saturated carbocycles. The van der Waals surface area contributed by atoms with Crippen LogP contribution in [0.15, 0.2) is 24.3 Å². The molecule has 3 rings (SSSR count). The summed E-state index contributed by atoms with van der Waals surface area (Å²) in [6.07, 6.45) is 4.59. The van der Waals surface area contributed by atoms with E-state index in [0.29, 0.717) is 25.2 Å². The highest BCUT2D eigenvalue weighted by Crippen LogP contribution is 2.33. The monoisotopic (exact) mass is 401 g/mol. The van der Waals surface area contributed by atoms with Crippen molar-refractivity contribution in [1.82, 2.24) is 15.5 Å². The van der Waals surface area contributed by atoms with Gasteiger partial charge >= 0.3 is 6.09 Å². The van der Waals surface area contributed by atoms with Crippen molar-refractivity contribution < 1.29 is 14.3 Å². The van der Waals surface area contributed by atoms with Crippen molar-refractivity contribution in [2.75, 3.05) is 32.7 Å². The molecule has 1 spiro atoms. The molecule has 6 nitrogen and oxygen atoms in total. The van der Waals surface area contributed by atoms with Crippen LogP contribution >= 0.6 is 0 Å². The average molecular weight is 402 g/mol. The molecule has 2 bridgehead atoms. The number of likely N-dealkylation sites (tertiary alicyclic amines) is 1. The predicted molar refractivity (Wildman–Crippen MR) is 114 cm³/mol. The van der Waals surface area contributed by atoms with Crippen molar-refractivity contribution in [3.05, 3.63) is 35.4 Å². The number of hydrogen-bond acceptors (Lipinski definition) is 4. The molecule has 1 aromatic rings. The zero-order valence-electron chi connectivity index (χ0n) is 18.1. The van der Waals surface area contributed by atoms with Gasteiger partial charge in [-0.15, -0.1) is 0 Å². The molecule has 1 saturated heterocycles. The quantitative estimate of drug-likeness (QED) is 0.699. The Balaban J connectivity index is 1.74. The molecule has 2 N–H and O–H groups in total. The summed E-state index contributed by atoms with van der Waals surface area (Å²) in [6.45, 7) is 9.40. The standard InChI is InChI=1S/C23H35N3O3/c1-22(2,3)29-21(28)26-14-6-10-23(17-26)11-13-24-12-5-8-18-7-4-9-19(15-18)20(27)25-16-23/h4,7,9,15,24H,5-6,8,10-14,16-17H2,1-3H3,(H,25,27). The molecule has 1 unspecified atom stereocenters. The number of piperidine rings is 1. The topological polar surface area (TPSA) is 70.7 Å². The summed E-state index contributed by atoms with van der Waals surface area (Å²) in [5, 5.41) is 6.70. The molecule has 160 valence electrons. The number of nitrogens with zero attached hydrogens (tertiary/aromatic N) is 1. The van der Waals surface area contributed by atoms with Crippen molar-refractivity contribution in [1.29, 1.82) is 0 Å². The van der Waals surface area contributed by atoms with Crippen LogP contribution in [-0.2, 0) is 11.2 Å². The fourth-order valence-corrected chi connectivity index (χ4v) is 4.26. The second kappa shape index (κ2) is 9.16. The van der Waals surface area contributed by atoms with E-state index in [2.05, 4.69) is 16.7 Å². The number of carbonyl (C=O) groups excluding carboxylic acids is 2. The van der Waals surface area contributed by atoms with Gasteiger partial charge in [-0.25, -0.2) is 4.79 Å². The summed E-state index contributed by atoms with van der Waals surface area (Å²) >= 11 is 0. The van der Waals surface area contributed by atoms with Gasteiger partial charge in [-0.3, -0.25) is 4.79 Å². The molecule has 2 amide bonds. The lowest BCUT2D eigenvalue weighted by Crippen LogP contribution is -2.52. The molecular formula is C23H35N3O3. The fraction of sp³-hybridized carbons (Fsp3) is 0.652. The average Bonchev–Trinajstić information content (AvgIpc) is 2.68. The van der Waals surface area contributed by atoms with Gasteiger partial charge in [-0.1, -0.05) is 12.1 Å². The van der Waals surface area contributed by atoms with Crippen LogP contribution in [0.2, 0.25) is 0 Å². The minimum Gasteiger partial charge on any atom is -0.444 e.